The van der Waals surface area contributed by atoms with Gasteiger partial charge in [0.25, 0.3) is 0 Å². The van der Waals surface area contributed by atoms with Crippen LogP contribution < -0.4 is 9.61 Å². The number of halogens is 5. The van der Waals surface area contributed by atoms with Crippen molar-refractivity contribution >= 4 is 13.5 Å². The minimum atomic E-state index is -4.16. The molecule has 2 atom stereocenters. The van der Waals surface area contributed by atoms with Crippen molar-refractivity contribution in [3.05, 3.63) is 29.1 Å². The van der Waals surface area contributed by atoms with Gasteiger partial charge in [0.2, 0.25) is 34.8 Å². The van der Waals surface area contributed by atoms with E-state index in [1.807, 2.05) is 0 Å². The highest BCUT2D eigenvalue weighted by atomic mass is 31.2. The molecule has 11 heteroatoms. The van der Waals surface area contributed by atoms with Crippen molar-refractivity contribution in [1.82, 2.24) is 5.09 Å². The van der Waals surface area contributed by atoms with Gasteiger partial charge in [-0.15, -0.1) is 0 Å². The molecule has 1 rings (SSSR count). The molecule has 0 saturated carbocycles. The Morgan fingerprint density at radius 1 is 0.958 bits per heavy atom. The highest BCUT2D eigenvalue weighted by molar-refractivity contribution is 7.56. The molecule has 24 heavy (non-hydrogen) atoms. The third kappa shape index (κ3) is 4.67. The number of hydrogen-bond donors (Lipinski definition) is 1. The van der Waals surface area contributed by atoms with Gasteiger partial charge in [0, 0.05) is 6.66 Å². The first-order valence-electron chi connectivity index (χ1n) is 6.64. The van der Waals surface area contributed by atoms with E-state index in [0.717, 1.165) is 6.66 Å². The van der Waals surface area contributed by atoms with Gasteiger partial charge in [0.15, 0.2) is 0 Å². The van der Waals surface area contributed by atoms with Gasteiger partial charge < -0.3 is 9.26 Å². The zero-order valence-corrected chi connectivity index (χ0v) is 14.0. The number of ether oxygens (including phenoxy) is 1. The predicted molar refractivity (Wildman–Crippen MR) is 74.2 cm³/mol. The maximum atomic E-state index is 13.5. The molecule has 1 aromatic carbocycles. The highest BCUT2D eigenvalue weighted by Crippen LogP contribution is 2.43. The SMILES string of the molecule is CC(C)OC(=O)[C@H](C)N[P@@](C)(=O)Oc1c(F)c(F)c(F)c(F)c1F. The van der Waals surface area contributed by atoms with Crippen LogP contribution in [-0.4, -0.2) is 24.8 Å². The summed E-state index contributed by atoms with van der Waals surface area (Å²) in [5, 5.41) is 2.10. The summed E-state index contributed by atoms with van der Waals surface area (Å²) in [6.07, 6.45) is -0.478. The lowest BCUT2D eigenvalue weighted by Crippen LogP contribution is -2.35. The molecule has 0 aliphatic rings. The van der Waals surface area contributed by atoms with Crippen LogP contribution >= 0.6 is 7.52 Å². The van der Waals surface area contributed by atoms with Crippen LogP contribution in [0.2, 0.25) is 0 Å². The van der Waals surface area contributed by atoms with Crippen molar-refractivity contribution < 1.29 is 40.6 Å². The molecular weight excluding hydrogens is 360 g/mol. The van der Waals surface area contributed by atoms with E-state index >= 15 is 0 Å². The number of benzene rings is 1. The van der Waals surface area contributed by atoms with Gasteiger partial charge in [0.1, 0.15) is 6.04 Å². The average molecular weight is 375 g/mol. The quantitative estimate of drug-likeness (QED) is 0.271. The third-order valence-corrected chi connectivity index (χ3v) is 3.96. The second kappa shape index (κ2) is 7.48. The van der Waals surface area contributed by atoms with Crippen LogP contribution in [0.3, 0.4) is 0 Å². The maximum absolute atomic E-state index is 13.5. The Morgan fingerprint density at radius 2 is 1.38 bits per heavy atom. The van der Waals surface area contributed by atoms with Crippen LogP contribution in [0.4, 0.5) is 22.0 Å². The summed E-state index contributed by atoms with van der Waals surface area (Å²) in [7, 11) is -4.16. The fraction of sp³-hybridized carbons (Fsp3) is 0.462. The van der Waals surface area contributed by atoms with Crippen LogP contribution in [-0.2, 0) is 14.1 Å². The summed E-state index contributed by atoms with van der Waals surface area (Å²) in [5.41, 5.74) is 0. The van der Waals surface area contributed by atoms with Crippen molar-refractivity contribution in [2.24, 2.45) is 0 Å². The molecule has 0 amide bonds. The van der Waals surface area contributed by atoms with Gasteiger partial charge in [-0.2, -0.15) is 8.78 Å². The first-order chi connectivity index (χ1) is 10.9. The molecule has 0 unspecified atom stereocenters. The van der Waals surface area contributed by atoms with Crippen molar-refractivity contribution in [2.45, 2.75) is 32.9 Å². The molecule has 136 valence electrons. The van der Waals surface area contributed by atoms with Crippen LogP contribution in [0.1, 0.15) is 20.8 Å². The lowest BCUT2D eigenvalue weighted by molar-refractivity contribution is -0.149. The molecule has 0 heterocycles. The molecule has 0 saturated heterocycles. The Morgan fingerprint density at radius 3 is 1.79 bits per heavy atom. The van der Waals surface area contributed by atoms with E-state index in [1.54, 1.807) is 13.8 Å². The van der Waals surface area contributed by atoms with Gasteiger partial charge in [-0.25, -0.2) is 18.3 Å². The van der Waals surface area contributed by atoms with Gasteiger partial charge in [-0.05, 0) is 20.8 Å². The first kappa shape index (κ1) is 20.4. The summed E-state index contributed by atoms with van der Waals surface area (Å²) in [6.45, 7) is 5.15. The maximum Gasteiger partial charge on any atom is 0.323 e. The zero-order chi connectivity index (χ0) is 18.8. The van der Waals surface area contributed by atoms with Crippen molar-refractivity contribution in [2.75, 3.05) is 6.66 Å². The lowest BCUT2D eigenvalue weighted by atomic mass is 10.3. The van der Waals surface area contributed by atoms with Crippen LogP contribution in [0, 0.1) is 29.1 Å². The molecule has 0 aliphatic carbocycles. The molecule has 0 aliphatic heterocycles. The molecule has 0 fully saturated rings. The normalized spacial score (nSPS) is 15.1. The molecule has 0 radical (unpaired) electrons. The second-order valence-electron chi connectivity index (χ2n) is 5.17. The predicted octanol–water partition coefficient (Wildman–Crippen LogP) is 3.51. The van der Waals surface area contributed by atoms with Gasteiger partial charge in [-0.3, -0.25) is 9.36 Å². The summed E-state index contributed by atoms with van der Waals surface area (Å²) >= 11 is 0. The Balaban J connectivity index is 3.04. The fourth-order valence-corrected chi connectivity index (χ4v) is 2.97. The van der Waals surface area contributed by atoms with E-state index in [9.17, 15) is 31.3 Å². The molecule has 0 aromatic heterocycles. The highest BCUT2D eigenvalue weighted by Gasteiger charge is 2.32. The van der Waals surface area contributed by atoms with Crippen LogP contribution in [0.5, 0.6) is 5.75 Å². The molecular formula is C13H15F5NO4P. The smallest absolute Gasteiger partial charge is 0.323 e. The first-order valence-corrected chi connectivity index (χ1v) is 8.71. The molecule has 1 aromatic rings. The number of carbonyl (C=O) groups is 1. The molecule has 1 N–H and O–H groups in total. The van der Waals surface area contributed by atoms with E-state index in [4.69, 9.17) is 4.74 Å². The summed E-state index contributed by atoms with van der Waals surface area (Å²) < 4.78 is 87.6. The molecule has 0 bridgehead atoms. The zero-order valence-electron chi connectivity index (χ0n) is 13.1. The summed E-state index contributed by atoms with van der Waals surface area (Å²) in [5.74, 6) is -13.9. The molecule has 0 spiro atoms. The van der Waals surface area contributed by atoms with Gasteiger partial charge in [0.05, 0.1) is 6.10 Å². The van der Waals surface area contributed by atoms with Crippen molar-refractivity contribution in [3.8, 4) is 5.75 Å². The van der Waals surface area contributed by atoms with Crippen molar-refractivity contribution in [1.29, 1.82) is 0 Å². The Labute approximate surface area is 134 Å². The summed E-state index contributed by atoms with van der Waals surface area (Å²) in [4.78, 5) is 11.6. The fourth-order valence-electron chi connectivity index (χ4n) is 1.60. The monoisotopic (exact) mass is 375 g/mol. The van der Waals surface area contributed by atoms with E-state index in [2.05, 4.69) is 9.61 Å². The minimum Gasteiger partial charge on any atom is -0.462 e. The summed E-state index contributed by atoms with van der Waals surface area (Å²) in [6, 6.07) is -1.22. The van der Waals surface area contributed by atoms with Crippen LogP contribution in [0.25, 0.3) is 0 Å². The number of carbonyl (C=O) groups excluding carboxylic acids is 1. The third-order valence-electron chi connectivity index (χ3n) is 2.57. The Hall–Kier alpha value is -1.67. The van der Waals surface area contributed by atoms with E-state index in [-0.39, 0.29) is 0 Å². The number of rotatable bonds is 6. The van der Waals surface area contributed by atoms with E-state index in [0.29, 0.717) is 0 Å². The average Bonchev–Trinajstić information content (AvgIpc) is 2.46. The topological polar surface area (TPSA) is 64.6 Å². The minimum absolute atomic E-state index is 0.478. The Bertz CT molecular complexity index is 668. The number of nitrogens with one attached hydrogen (secondary N) is 1. The van der Waals surface area contributed by atoms with E-state index in [1.165, 1.54) is 6.92 Å². The Kier molecular flexibility index (Phi) is 6.35. The van der Waals surface area contributed by atoms with E-state index < -0.39 is 60.5 Å². The second-order valence-corrected chi connectivity index (χ2v) is 7.31. The number of esters is 1. The van der Waals surface area contributed by atoms with Crippen LogP contribution in [0.15, 0.2) is 0 Å². The van der Waals surface area contributed by atoms with Crippen molar-refractivity contribution in [3.63, 3.8) is 0 Å². The molecule has 5 nitrogen and oxygen atoms in total. The standard InChI is InChI=1S/C13H15F5NO4P/c1-5(2)22-13(20)6(3)19-24(4,21)23-12-10(17)8(15)7(14)9(16)11(12)18/h5-6H,1-4H3,(H,19,21)/t6-,24-/m0/s1. The van der Waals surface area contributed by atoms with Gasteiger partial charge in [-0.1, -0.05) is 0 Å². The lowest BCUT2D eigenvalue weighted by Gasteiger charge is -2.21. The largest absolute Gasteiger partial charge is 0.462 e. The number of hydrogen-bond acceptors (Lipinski definition) is 4. The van der Waals surface area contributed by atoms with Gasteiger partial charge >= 0.3 is 13.5 Å².